The summed E-state index contributed by atoms with van der Waals surface area (Å²) in [6.45, 7) is 0. The van der Waals surface area contributed by atoms with E-state index in [2.05, 4.69) is 55.0 Å². The van der Waals surface area contributed by atoms with E-state index in [1.54, 1.807) is 34.8 Å². The minimum Gasteiger partial charge on any atom is -0.223 e. The van der Waals surface area contributed by atoms with E-state index >= 15 is 0 Å². The van der Waals surface area contributed by atoms with Gasteiger partial charge in [-0.2, -0.15) is 0 Å². The highest BCUT2D eigenvalue weighted by Crippen LogP contribution is 2.67. The second-order valence-corrected chi connectivity index (χ2v) is 10.3. The molecule has 4 aromatic heterocycles. The molecule has 4 aromatic rings. The first kappa shape index (κ1) is 20.6. The van der Waals surface area contributed by atoms with E-state index in [4.69, 9.17) is 46.4 Å². The molecule has 0 radical (unpaired) electrons. The number of hydrogen-bond acceptors (Lipinski definition) is 6. The largest absolute Gasteiger partial charge is 0.224 e. The van der Waals surface area contributed by atoms with Crippen molar-refractivity contribution in [3.8, 4) is 0 Å². The molecule has 0 aromatic carbocycles. The molecule has 152 valence electrons. The van der Waals surface area contributed by atoms with Crippen LogP contribution < -0.4 is 0 Å². The van der Waals surface area contributed by atoms with E-state index in [0.717, 1.165) is 11.4 Å². The zero-order chi connectivity index (χ0) is 20.8. The summed E-state index contributed by atoms with van der Waals surface area (Å²) in [6.07, 6.45) is 0. The predicted octanol–water partition coefficient (Wildman–Crippen LogP) is 7.45. The topological polar surface area (TPSA) is 51.6 Å². The van der Waals surface area contributed by atoms with Gasteiger partial charge >= 0.3 is 0 Å². The van der Waals surface area contributed by atoms with Crippen LogP contribution in [0.3, 0.4) is 0 Å². The van der Waals surface area contributed by atoms with Gasteiger partial charge in [0, 0.05) is 33.4 Å². The van der Waals surface area contributed by atoms with Crippen LogP contribution in [0.2, 0.25) is 20.9 Å². The summed E-state index contributed by atoms with van der Waals surface area (Å²) < 4.78 is 0. The summed E-state index contributed by atoms with van der Waals surface area (Å²) in [5, 5.41) is 5.05. The molecule has 1 fully saturated rings. The number of aromatic nitrogens is 4. The normalized spacial score (nSPS) is 23.3. The van der Waals surface area contributed by atoms with Gasteiger partial charge in [0.05, 0.1) is 11.4 Å². The van der Waals surface area contributed by atoms with Crippen LogP contribution in [-0.4, -0.2) is 19.9 Å². The maximum Gasteiger partial charge on any atom is 0.224 e. The third-order valence-corrected chi connectivity index (χ3v) is 8.02. The number of hydrogen-bond donors (Lipinski definition) is 0. The van der Waals surface area contributed by atoms with Crippen molar-refractivity contribution < 1.29 is 0 Å². The molecule has 30 heavy (non-hydrogen) atoms. The van der Waals surface area contributed by atoms with Crippen molar-refractivity contribution >= 4 is 69.1 Å². The molecule has 0 saturated heterocycles. The lowest BCUT2D eigenvalue weighted by Gasteiger charge is -2.51. The van der Waals surface area contributed by atoms with Gasteiger partial charge in [0.15, 0.2) is 0 Å². The van der Waals surface area contributed by atoms with E-state index in [1.165, 1.54) is 9.75 Å². The second-order valence-electron chi connectivity index (χ2n) is 6.90. The van der Waals surface area contributed by atoms with Crippen molar-refractivity contribution in [2.45, 2.75) is 23.7 Å². The van der Waals surface area contributed by atoms with Crippen LogP contribution in [0.1, 0.15) is 44.8 Å². The Hall–Kier alpha value is -1.28. The van der Waals surface area contributed by atoms with Crippen molar-refractivity contribution in [3.05, 3.63) is 89.2 Å². The highest BCUT2D eigenvalue weighted by Gasteiger charge is 2.55. The minimum absolute atomic E-state index is 0.0178. The van der Waals surface area contributed by atoms with Gasteiger partial charge in [-0.05, 0) is 58.2 Å². The molecule has 0 spiro atoms. The lowest BCUT2D eigenvalue weighted by molar-refractivity contribution is 0.226. The van der Waals surface area contributed by atoms with Crippen LogP contribution in [0.25, 0.3) is 0 Å². The van der Waals surface area contributed by atoms with E-state index in [-0.39, 0.29) is 34.2 Å². The standard InChI is InChI=1S/C20H12Cl4N4S2/c21-13-7-9(25-19(23)27-13)15-16(10-8-14(22)28-20(24)26-10)18(12-4-2-6-30-12)17(15)11-3-1-5-29-11/h1-8,15-18H/t15-,16+,17+,18-. The van der Waals surface area contributed by atoms with Crippen LogP contribution in [0.5, 0.6) is 0 Å². The first-order chi connectivity index (χ1) is 14.5. The van der Waals surface area contributed by atoms with Crippen molar-refractivity contribution in [2.75, 3.05) is 0 Å². The summed E-state index contributed by atoms with van der Waals surface area (Å²) in [7, 11) is 0. The molecule has 0 bridgehead atoms. The Bertz CT molecular complexity index is 1050. The van der Waals surface area contributed by atoms with Gasteiger partial charge in [-0.1, -0.05) is 35.3 Å². The third kappa shape index (κ3) is 3.74. The Morgan fingerprint density at radius 2 is 1.03 bits per heavy atom. The Labute approximate surface area is 200 Å². The van der Waals surface area contributed by atoms with Gasteiger partial charge in [0.1, 0.15) is 10.3 Å². The van der Waals surface area contributed by atoms with Gasteiger partial charge in [-0.3, -0.25) is 0 Å². The van der Waals surface area contributed by atoms with Crippen LogP contribution >= 0.6 is 69.1 Å². The Morgan fingerprint density at radius 1 is 0.600 bits per heavy atom. The van der Waals surface area contributed by atoms with Crippen molar-refractivity contribution in [1.82, 2.24) is 19.9 Å². The Morgan fingerprint density at radius 3 is 1.37 bits per heavy atom. The third-order valence-electron chi connectivity index (χ3n) is 5.35. The molecular weight excluding hydrogens is 502 g/mol. The molecule has 0 amide bonds. The summed E-state index contributed by atoms with van der Waals surface area (Å²) in [5.41, 5.74) is 1.56. The molecule has 1 saturated carbocycles. The molecule has 5 rings (SSSR count). The SMILES string of the molecule is Clc1cc([C@@H]2[C@H](c3cc(Cl)nc(Cl)n3)[C@@H](c3cccs3)[C@H]2c2cccs2)nc(Cl)n1. The number of thiophene rings is 2. The second kappa shape index (κ2) is 8.34. The van der Waals surface area contributed by atoms with E-state index in [0.29, 0.717) is 10.3 Å². The van der Waals surface area contributed by atoms with Crippen molar-refractivity contribution in [2.24, 2.45) is 0 Å². The van der Waals surface area contributed by atoms with E-state index in [1.807, 2.05) is 0 Å². The maximum absolute atomic E-state index is 6.23. The Balaban J connectivity index is 1.70. The van der Waals surface area contributed by atoms with E-state index < -0.39 is 0 Å². The summed E-state index contributed by atoms with van der Waals surface area (Å²) >= 11 is 28.2. The summed E-state index contributed by atoms with van der Waals surface area (Å²) in [6, 6.07) is 12.0. The molecule has 4 nitrogen and oxygen atoms in total. The quantitative estimate of drug-likeness (QED) is 0.210. The molecular formula is C20H12Cl4N4S2. The molecule has 1 aliphatic rings. The summed E-state index contributed by atoms with van der Waals surface area (Å²) in [4.78, 5) is 19.6. The number of rotatable bonds is 4. The van der Waals surface area contributed by atoms with Crippen molar-refractivity contribution in [3.63, 3.8) is 0 Å². The van der Waals surface area contributed by atoms with Crippen molar-refractivity contribution in [1.29, 1.82) is 0 Å². The average molecular weight is 514 g/mol. The Kier molecular flexibility index (Phi) is 5.73. The maximum atomic E-state index is 6.23. The fourth-order valence-electron chi connectivity index (χ4n) is 4.31. The first-order valence-corrected chi connectivity index (χ1v) is 12.2. The van der Waals surface area contributed by atoms with Crippen LogP contribution in [0, 0.1) is 0 Å². The lowest BCUT2D eigenvalue weighted by Crippen LogP contribution is -2.40. The number of halogens is 4. The van der Waals surface area contributed by atoms with Crippen LogP contribution in [0.4, 0.5) is 0 Å². The summed E-state index contributed by atoms with van der Waals surface area (Å²) in [5.74, 6) is 0.331. The molecule has 1 aliphatic carbocycles. The molecule has 0 N–H and O–H groups in total. The van der Waals surface area contributed by atoms with Crippen LogP contribution in [-0.2, 0) is 0 Å². The van der Waals surface area contributed by atoms with Gasteiger partial charge in [-0.15, -0.1) is 22.7 Å². The fourth-order valence-corrected chi connectivity index (χ4v) is 7.00. The zero-order valence-corrected chi connectivity index (χ0v) is 19.7. The monoisotopic (exact) mass is 512 g/mol. The lowest BCUT2D eigenvalue weighted by atomic mass is 9.53. The highest BCUT2D eigenvalue weighted by molar-refractivity contribution is 7.10. The van der Waals surface area contributed by atoms with Crippen LogP contribution in [0.15, 0.2) is 47.2 Å². The highest BCUT2D eigenvalue weighted by atomic mass is 35.5. The first-order valence-electron chi connectivity index (χ1n) is 8.98. The van der Waals surface area contributed by atoms with Gasteiger partial charge in [0.2, 0.25) is 10.6 Å². The molecule has 10 heteroatoms. The minimum atomic E-state index is -0.0178. The van der Waals surface area contributed by atoms with Gasteiger partial charge in [-0.25, -0.2) is 19.9 Å². The van der Waals surface area contributed by atoms with Gasteiger partial charge < -0.3 is 0 Å². The van der Waals surface area contributed by atoms with E-state index in [9.17, 15) is 0 Å². The zero-order valence-electron chi connectivity index (χ0n) is 15.0. The molecule has 4 atom stereocenters. The molecule has 0 unspecified atom stereocenters. The molecule has 0 aliphatic heterocycles. The molecule has 4 heterocycles. The predicted molar refractivity (Wildman–Crippen MR) is 124 cm³/mol. The average Bonchev–Trinajstić information content (AvgIpc) is 3.33. The number of nitrogens with zero attached hydrogens (tertiary/aromatic N) is 4. The van der Waals surface area contributed by atoms with Gasteiger partial charge in [0.25, 0.3) is 0 Å². The smallest absolute Gasteiger partial charge is 0.223 e. The fraction of sp³-hybridized carbons (Fsp3) is 0.200.